The Hall–Kier alpha value is -1.54. The first kappa shape index (κ1) is 20.2. The molecule has 1 heterocycles. The van der Waals surface area contributed by atoms with Crippen LogP contribution in [0.15, 0.2) is 32.7 Å². The summed E-state index contributed by atoms with van der Waals surface area (Å²) in [5.41, 5.74) is 1.00. The monoisotopic (exact) mass is 410 g/mol. The molecule has 1 aliphatic rings. The Morgan fingerprint density at radius 3 is 2.85 bits per heavy atom. The van der Waals surface area contributed by atoms with Gasteiger partial charge in [-0.3, -0.25) is 4.79 Å². The number of amides is 1. The van der Waals surface area contributed by atoms with Gasteiger partial charge in [0.2, 0.25) is 5.91 Å². The summed E-state index contributed by atoms with van der Waals surface area (Å²) in [6, 6.07) is 4.89. The molecule has 1 aliphatic carbocycles. The molecule has 8 heteroatoms. The normalized spacial score (nSPS) is 23.4. The number of oxazole rings is 1. The fourth-order valence-corrected chi connectivity index (χ4v) is 5.02. The number of aromatic nitrogens is 1. The molecule has 0 spiro atoms. The van der Waals surface area contributed by atoms with E-state index in [2.05, 4.69) is 24.1 Å². The fourth-order valence-electron chi connectivity index (χ4n) is 3.47. The first-order chi connectivity index (χ1) is 12.8. The van der Waals surface area contributed by atoms with Crippen molar-refractivity contribution in [2.45, 2.75) is 56.2 Å². The van der Waals surface area contributed by atoms with Crippen molar-refractivity contribution >= 4 is 38.6 Å². The number of nitrogens with one attached hydrogen (secondary N) is 1. The number of carbonyl (C=O) groups is 1. The van der Waals surface area contributed by atoms with Crippen LogP contribution in [0.1, 0.15) is 40.0 Å². The zero-order chi connectivity index (χ0) is 19.6. The van der Waals surface area contributed by atoms with E-state index < -0.39 is 9.84 Å². The topological polar surface area (TPSA) is 89.3 Å². The van der Waals surface area contributed by atoms with Crippen LogP contribution in [0.3, 0.4) is 0 Å². The van der Waals surface area contributed by atoms with Crippen molar-refractivity contribution in [3.8, 4) is 0 Å². The van der Waals surface area contributed by atoms with E-state index in [1.54, 1.807) is 13.0 Å². The number of fused-ring (bicyclic) bond motifs is 1. The highest BCUT2D eigenvalue weighted by atomic mass is 32.2. The number of hydrogen-bond donors (Lipinski definition) is 1. The second kappa shape index (κ2) is 8.22. The lowest BCUT2D eigenvalue weighted by atomic mass is 9.78. The SMILES string of the molecule is CCS(=O)(=O)c1ccc2oc(SCC(=O)N[C@H]3CCC[C@H](C)[C@@H]3C)nc2c1. The van der Waals surface area contributed by atoms with Crippen LogP contribution in [-0.2, 0) is 14.6 Å². The molecule has 0 aliphatic heterocycles. The van der Waals surface area contributed by atoms with Crippen LogP contribution in [0.4, 0.5) is 0 Å². The Labute approximate surface area is 164 Å². The van der Waals surface area contributed by atoms with Crippen molar-refractivity contribution in [3.63, 3.8) is 0 Å². The molecule has 1 fully saturated rings. The van der Waals surface area contributed by atoms with E-state index in [0.717, 1.165) is 12.8 Å². The highest BCUT2D eigenvalue weighted by Gasteiger charge is 2.28. The number of nitrogens with zero attached hydrogens (tertiary/aromatic N) is 1. The Balaban J connectivity index is 1.62. The van der Waals surface area contributed by atoms with E-state index in [1.807, 2.05) is 0 Å². The lowest BCUT2D eigenvalue weighted by molar-refractivity contribution is -0.120. The summed E-state index contributed by atoms with van der Waals surface area (Å²) < 4.78 is 29.6. The molecule has 3 atom stereocenters. The second-order valence-electron chi connectivity index (χ2n) is 7.24. The van der Waals surface area contributed by atoms with Gasteiger partial charge >= 0.3 is 0 Å². The maximum absolute atomic E-state index is 12.3. The molecule has 3 rings (SSSR count). The predicted molar refractivity (Wildman–Crippen MR) is 107 cm³/mol. The van der Waals surface area contributed by atoms with Gasteiger partial charge in [-0.15, -0.1) is 0 Å². The molecule has 148 valence electrons. The number of sulfone groups is 1. The standard InChI is InChI=1S/C19H26N2O4S2/c1-4-27(23,24)14-8-9-17-16(10-14)21-19(25-17)26-11-18(22)20-15-7-5-6-12(2)13(15)3/h8-10,12-13,15H,4-7,11H2,1-3H3,(H,20,22)/t12-,13-,15-/m0/s1. The average molecular weight is 411 g/mol. The third kappa shape index (κ3) is 4.66. The van der Waals surface area contributed by atoms with Gasteiger partial charge in [-0.1, -0.05) is 45.4 Å². The summed E-state index contributed by atoms with van der Waals surface area (Å²) in [6.07, 6.45) is 3.40. The summed E-state index contributed by atoms with van der Waals surface area (Å²) in [7, 11) is -3.28. The van der Waals surface area contributed by atoms with Crippen LogP contribution >= 0.6 is 11.8 Å². The van der Waals surface area contributed by atoms with E-state index in [0.29, 0.717) is 28.2 Å². The molecule has 0 saturated heterocycles. The van der Waals surface area contributed by atoms with Crippen molar-refractivity contribution in [2.75, 3.05) is 11.5 Å². The Bertz CT molecular complexity index is 923. The lowest BCUT2D eigenvalue weighted by Crippen LogP contribution is -2.44. The minimum Gasteiger partial charge on any atom is -0.431 e. The Kier molecular flexibility index (Phi) is 6.15. The molecule has 2 aromatic rings. The Morgan fingerprint density at radius 2 is 2.11 bits per heavy atom. The van der Waals surface area contributed by atoms with Crippen molar-refractivity contribution in [1.82, 2.24) is 10.3 Å². The number of rotatable bonds is 6. The molecule has 0 radical (unpaired) electrons. The average Bonchev–Trinajstić information content (AvgIpc) is 3.06. The summed E-state index contributed by atoms with van der Waals surface area (Å²) in [5, 5.41) is 3.50. The molecule has 1 N–H and O–H groups in total. The van der Waals surface area contributed by atoms with Crippen LogP contribution in [0, 0.1) is 11.8 Å². The number of carbonyl (C=O) groups excluding carboxylic acids is 1. The van der Waals surface area contributed by atoms with E-state index in [-0.39, 0.29) is 28.4 Å². The summed E-state index contributed by atoms with van der Waals surface area (Å²) >= 11 is 1.22. The lowest BCUT2D eigenvalue weighted by Gasteiger charge is -2.34. The van der Waals surface area contributed by atoms with Gasteiger partial charge in [-0.2, -0.15) is 0 Å². The van der Waals surface area contributed by atoms with Crippen molar-refractivity contribution in [1.29, 1.82) is 0 Å². The van der Waals surface area contributed by atoms with E-state index in [4.69, 9.17) is 4.42 Å². The minimum atomic E-state index is -3.28. The zero-order valence-corrected chi connectivity index (χ0v) is 17.5. The van der Waals surface area contributed by atoms with Crippen LogP contribution in [0.2, 0.25) is 0 Å². The molecule has 27 heavy (non-hydrogen) atoms. The molecule has 0 bridgehead atoms. The van der Waals surface area contributed by atoms with E-state index >= 15 is 0 Å². The highest BCUT2D eigenvalue weighted by molar-refractivity contribution is 7.99. The van der Waals surface area contributed by atoms with Crippen LogP contribution < -0.4 is 5.32 Å². The third-order valence-electron chi connectivity index (χ3n) is 5.46. The quantitative estimate of drug-likeness (QED) is 0.731. The highest BCUT2D eigenvalue weighted by Crippen LogP contribution is 2.30. The van der Waals surface area contributed by atoms with Gasteiger partial charge in [-0.05, 0) is 36.5 Å². The molecule has 1 aromatic heterocycles. The van der Waals surface area contributed by atoms with Crippen molar-refractivity contribution in [2.24, 2.45) is 11.8 Å². The molecule has 1 amide bonds. The summed E-state index contributed by atoms with van der Waals surface area (Å²) in [5.74, 6) is 1.35. The van der Waals surface area contributed by atoms with Crippen LogP contribution in [0.25, 0.3) is 11.1 Å². The number of benzene rings is 1. The van der Waals surface area contributed by atoms with Crippen LogP contribution in [0.5, 0.6) is 0 Å². The minimum absolute atomic E-state index is 0.0255. The molecule has 1 saturated carbocycles. The summed E-state index contributed by atoms with van der Waals surface area (Å²) in [6.45, 7) is 6.05. The van der Waals surface area contributed by atoms with Gasteiger partial charge in [0, 0.05) is 6.04 Å². The van der Waals surface area contributed by atoms with Gasteiger partial charge < -0.3 is 9.73 Å². The third-order valence-corrected chi connectivity index (χ3v) is 8.02. The number of hydrogen-bond acceptors (Lipinski definition) is 6. The van der Waals surface area contributed by atoms with Crippen molar-refractivity contribution < 1.29 is 17.6 Å². The van der Waals surface area contributed by atoms with Gasteiger partial charge in [-0.25, -0.2) is 13.4 Å². The molecule has 1 aromatic carbocycles. The second-order valence-corrected chi connectivity index (χ2v) is 10.4. The van der Waals surface area contributed by atoms with E-state index in [1.165, 1.54) is 30.3 Å². The largest absolute Gasteiger partial charge is 0.431 e. The summed E-state index contributed by atoms with van der Waals surface area (Å²) in [4.78, 5) is 16.9. The fraction of sp³-hybridized carbons (Fsp3) is 0.579. The zero-order valence-electron chi connectivity index (χ0n) is 15.9. The number of thioether (sulfide) groups is 1. The van der Waals surface area contributed by atoms with Crippen molar-refractivity contribution in [3.05, 3.63) is 18.2 Å². The molecule has 0 unspecified atom stereocenters. The first-order valence-electron chi connectivity index (χ1n) is 9.35. The van der Waals surface area contributed by atoms with Gasteiger partial charge in [0.1, 0.15) is 5.52 Å². The molecule has 6 nitrogen and oxygen atoms in total. The molecular weight excluding hydrogens is 384 g/mol. The predicted octanol–water partition coefficient (Wildman–Crippen LogP) is 3.65. The maximum Gasteiger partial charge on any atom is 0.257 e. The van der Waals surface area contributed by atoms with Gasteiger partial charge in [0.25, 0.3) is 5.22 Å². The smallest absolute Gasteiger partial charge is 0.257 e. The first-order valence-corrected chi connectivity index (χ1v) is 12.0. The van der Waals surface area contributed by atoms with Gasteiger partial charge in [0.05, 0.1) is 16.4 Å². The maximum atomic E-state index is 12.3. The van der Waals surface area contributed by atoms with Crippen LogP contribution in [-0.4, -0.2) is 36.9 Å². The van der Waals surface area contributed by atoms with E-state index in [9.17, 15) is 13.2 Å². The van der Waals surface area contributed by atoms with Gasteiger partial charge in [0.15, 0.2) is 15.4 Å². The molecular formula is C19H26N2O4S2. The Morgan fingerprint density at radius 1 is 1.33 bits per heavy atom.